The zero-order valence-electron chi connectivity index (χ0n) is 18.0. The van der Waals surface area contributed by atoms with Crippen molar-refractivity contribution in [2.75, 3.05) is 11.9 Å². The molecule has 0 radical (unpaired) electrons. The lowest BCUT2D eigenvalue weighted by atomic mass is 9.93. The van der Waals surface area contributed by atoms with E-state index in [1.165, 1.54) is 12.8 Å². The van der Waals surface area contributed by atoms with E-state index in [0.29, 0.717) is 24.5 Å². The van der Waals surface area contributed by atoms with Crippen LogP contribution in [-0.4, -0.2) is 54.7 Å². The molecular weight excluding hydrogens is 408 g/mol. The number of likely N-dealkylation sites (tertiary alicyclic amines) is 1. The van der Waals surface area contributed by atoms with E-state index < -0.39 is 0 Å². The van der Waals surface area contributed by atoms with E-state index in [2.05, 4.69) is 28.2 Å². The molecule has 8 heteroatoms. The smallest absolute Gasteiger partial charge is 0.223 e. The number of fused-ring (bicyclic) bond motifs is 1. The fourth-order valence-corrected chi connectivity index (χ4v) is 5.59. The lowest BCUT2D eigenvalue weighted by Crippen LogP contribution is -2.30. The van der Waals surface area contributed by atoms with Crippen LogP contribution in [0, 0.1) is 0 Å². The highest BCUT2D eigenvalue weighted by atomic mass is 32.1. The van der Waals surface area contributed by atoms with Crippen molar-refractivity contribution in [3.05, 3.63) is 40.8 Å². The summed E-state index contributed by atoms with van der Waals surface area (Å²) in [6.45, 7) is 4.29. The molecule has 2 aliphatic rings. The summed E-state index contributed by atoms with van der Waals surface area (Å²) in [5.41, 5.74) is 3.01. The number of nitrogens with zero attached hydrogens (tertiary/aromatic N) is 5. The normalized spacial score (nSPS) is 24.6. The van der Waals surface area contributed by atoms with Crippen LogP contribution in [-0.2, 0) is 13.0 Å². The summed E-state index contributed by atoms with van der Waals surface area (Å²) >= 11 is 1.63. The number of aromatic nitrogens is 4. The molecule has 0 bridgehead atoms. The number of aliphatic hydroxyl groups excluding tert-OH is 1. The van der Waals surface area contributed by atoms with Crippen molar-refractivity contribution in [2.24, 2.45) is 0 Å². The number of pyridine rings is 1. The highest BCUT2D eigenvalue weighted by molar-refractivity contribution is 7.18. The molecule has 31 heavy (non-hydrogen) atoms. The van der Waals surface area contributed by atoms with E-state index in [1.54, 1.807) is 11.3 Å². The minimum Gasteiger partial charge on any atom is -0.393 e. The zero-order chi connectivity index (χ0) is 21.2. The van der Waals surface area contributed by atoms with Gasteiger partial charge in [-0.3, -0.25) is 4.90 Å². The Balaban J connectivity index is 1.38. The van der Waals surface area contributed by atoms with Crippen molar-refractivity contribution < 1.29 is 5.11 Å². The Morgan fingerprint density at radius 3 is 2.74 bits per heavy atom. The molecule has 164 valence electrons. The summed E-state index contributed by atoms with van der Waals surface area (Å²) in [7, 11) is 0. The van der Waals surface area contributed by atoms with Gasteiger partial charge in [0.1, 0.15) is 15.4 Å². The monoisotopic (exact) mass is 438 g/mol. The molecule has 3 aromatic heterocycles. The van der Waals surface area contributed by atoms with Gasteiger partial charge in [-0.05, 0) is 70.2 Å². The first kappa shape index (κ1) is 20.7. The predicted molar refractivity (Wildman–Crippen MR) is 123 cm³/mol. The van der Waals surface area contributed by atoms with E-state index in [9.17, 15) is 5.11 Å². The van der Waals surface area contributed by atoms with Crippen molar-refractivity contribution in [2.45, 2.75) is 76.6 Å². The highest BCUT2D eigenvalue weighted by Crippen LogP contribution is 2.25. The maximum Gasteiger partial charge on any atom is 0.223 e. The van der Waals surface area contributed by atoms with Crippen LogP contribution < -0.4 is 5.32 Å². The molecule has 2 N–H and O–H groups in total. The van der Waals surface area contributed by atoms with Gasteiger partial charge in [-0.1, -0.05) is 11.3 Å². The van der Waals surface area contributed by atoms with Crippen LogP contribution in [0.4, 0.5) is 5.95 Å². The molecule has 1 unspecified atom stereocenters. The van der Waals surface area contributed by atoms with Crippen molar-refractivity contribution in [1.29, 1.82) is 0 Å². The zero-order valence-corrected chi connectivity index (χ0v) is 18.8. The van der Waals surface area contributed by atoms with Gasteiger partial charge in [-0.15, -0.1) is 0 Å². The quantitative estimate of drug-likeness (QED) is 0.606. The minimum atomic E-state index is -0.162. The summed E-state index contributed by atoms with van der Waals surface area (Å²) in [6.07, 6.45) is 8.44. The van der Waals surface area contributed by atoms with E-state index in [0.717, 1.165) is 65.5 Å². The second-order valence-corrected chi connectivity index (χ2v) is 9.96. The van der Waals surface area contributed by atoms with Gasteiger partial charge in [0.25, 0.3) is 0 Å². The Morgan fingerprint density at radius 2 is 1.97 bits per heavy atom. The maximum atomic E-state index is 9.81. The maximum absolute atomic E-state index is 9.81. The molecule has 5 rings (SSSR count). The Kier molecular flexibility index (Phi) is 6.11. The van der Waals surface area contributed by atoms with E-state index in [1.807, 2.05) is 18.3 Å². The molecule has 4 heterocycles. The topological polar surface area (TPSA) is 87.1 Å². The first-order valence-corrected chi connectivity index (χ1v) is 12.2. The van der Waals surface area contributed by atoms with Gasteiger partial charge in [0.15, 0.2) is 0 Å². The van der Waals surface area contributed by atoms with Gasteiger partial charge in [0.05, 0.1) is 17.5 Å². The first-order valence-electron chi connectivity index (χ1n) is 11.4. The molecule has 0 spiro atoms. The van der Waals surface area contributed by atoms with Gasteiger partial charge < -0.3 is 10.4 Å². The van der Waals surface area contributed by atoms with Gasteiger partial charge >= 0.3 is 0 Å². The summed E-state index contributed by atoms with van der Waals surface area (Å²) in [5, 5.41) is 14.4. The fourth-order valence-electron chi connectivity index (χ4n) is 4.67. The first-order chi connectivity index (χ1) is 15.1. The lowest BCUT2D eigenvalue weighted by molar-refractivity contribution is 0.126. The summed E-state index contributed by atoms with van der Waals surface area (Å²) in [5.74, 6) is 0.708. The van der Waals surface area contributed by atoms with Crippen LogP contribution in [0.3, 0.4) is 0 Å². The van der Waals surface area contributed by atoms with Crippen LogP contribution in [0.25, 0.3) is 10.3 Å². The van der Waals surface area contributed by atoms with E-state index >= 15 is 0 Å². The van der Waals surface area contributed by atoms with Gasteiger partial charge in [-0.2, -0.15) is 0 Å². The largest absolute Gasteiger partial charge is 0.393 e. The fraction of sp³-hybridized carbons (Fsp3) is 0.565. The molecule has 3 aromatic rings. The van der Waals surface area contributed by atoms with E-state index in [-0.39, 0.29) is 6.10 Å². The molecule has 0 amide bonds. The summed E-state index contributed by atoms with van der Waals surface area (Å²) < 4.78 is 0. The average Bonchev–Trinajstić information content (AvgIpc) is 3.35. The van der Waals surface area contributed by atoms with Crippen LogP contribution in [0.15, 0.2) is 24.4 Å². The van der Waals surface area contributed by atoms with Crippen LogP contribution in [0.2, 0.25) is 0 Å². The molecule has 0 aromatic carbocycles. The number of rotatable bonds is 6. The molecule has 1 saturated carbocycles. The summed E-state index contributed by atoms with van der Waals surface area (Å²) in [4.78, 5) is 22.4. The highest BCUT2D eigenvalue weighted by Gasteiger charge is 2.23. The number of nitrogens with one attached hydrogen (secondary N) is 1. The van der Waals surface area contributed by atoms with Gasteiger partial charge in [-0.25, -0.2) is 19.9 Å². The Bertz CT molecular complexity index is 999. The van der Waals surface area contributed by atoms with E-state index in [4.69, 9.17) is 15.0 Å². The van der Waals surface area contributed by atoms with Gasteiger partial charge in [0, 0.05) is 31.2 Å². The Labute approximate surface area is 187 Å². The van der Waals surface area contributed by atoms with Gasteiger partial charge in [0.2, 0.25) is 5.95 Å². The standard InChI is InChI=1S/C23H30N6OS/c1-15-4-3-11-29(15)14-18-12-17(13-21-28-20-5-2-10-24-22(20)31-21)26-23(27-18)25-16-6-8-19(30)9-7-16/h2,5,10,12,15-16,19,30H,3-4,6-9,11,13-14H2,1H3,(H,25,26,27). The number of aliphatic hydroxyl groups is 1. The molecule has 1 aliphatic carbocycles. The lowest BCUT2D eigenvalue weighted by Gasteiger charge is -2.26. The third-order valence-electron chi connectivity index (χ3n) is 6.46. The van der Waals surface area contributed by atoms with Crippen molar-refractivity contribution >= 4 is 27.6 Å². The molecule has 1 saturated heterocycles. The predicted octanol–water partition coefficient (Wildman–Crippen LogP) is 3.77. The van der Waals surface area contributed by atoms with Crippen LogP contribution in [0.1, 0.15) is 61.8 Å². The third kappa shape index (κ3) is 5.02. The molecule has 2 fully saturated rings. The SMILES string of the molecule is CC1CCCN1Cc1cc(Cc2nc3cccnc3s2)nc(NC2CCC(O)CC2)n1. The second-order valence-electron chi connectivity index (χ2n) is 8.90. The molecular formula is C23H30N6OS. The van der Waals surface area contributed by atoms with Crippen LogP contribution in [0.5, 0.6) is 0 Å². The second kappa shape index (κ2) is 9.14. The third-order valence-corrected chi connectivity index (χ3v) is 7.44. The Morgan fingerprint density at radius 1 is 1.13 bits per heavy atom. The van der Waals surface area contributed by atoms with Crippen molar-refractivity contribution in [3.8, 4) is 0 Å². The number of thiazole rings is 1. The van der Waals surface area contributed by atoms with Crippen molar-refractivity contribution in [1.82, 2.24) is 24.8 Å². The molecule has 7 nitrogen and oxygen atoms in total. The molecule has 1 atom stereocenters. The van der Waals surface area contributed by atoms with Crippen LogP contribution >= 0.6 is 11.3 Å². The Hall–Kier alpha value is -2.16. The average molecular weight is 439 g/mol. The molecule has 1 aliphatic heterocycles. The summed E-state index contributed by atoms with van der Waals surface area (Å²) in [6, 6.07) is 7.00. The minimum absolute atomic E-state index is 0.162. The number of anilines is 1. The number of hydrogen-bond donors (Lipinski definition) is 2. The number of hydrogen-bond acceptors (Lipinski definition) is 8. The van der Waals surface area contributed by atoms with Crippen molar-refractivity contribution in [3.63, 3.8) is 0 Å².